The van der Waals surface area contributed by atoms with Crippen LogP contribution in [0.3, 0.4) is 0 Å². The average molecular weight is 258 g/mol. The molecule has 1 rings (SSSR count). The molecule has 5 heteroatoms. The Morgan fingerprint density at radius 1 is 1.39 bits per heavy atom. The number of hydrogen-bond donors (Lipinski definition) is 0. The third-order valence-corrected chi connectivity index (χ3v) is 2.28. The molecule has 0 unspecified atom stereocenters. The van der Waals surface area contributed by atoms with Crippen molar-refractivity contribution in [3.8, 4) is 5.75 Å². The largest absolute Gasteiger partial charge is 0.502 e. The van der Waals surface area contributed by atoms with Gasteiger partial charge >= 0.3 is 12.1 Å². The van der Waals surface area contributed by atoms with Gasteiger partial charge < -0.3 is 9.47 Å². The number of halogens is 2. The first-order chi connectivity index (χ1) is 8.36. The average Bonchev–Trinajstić information content (AvgIpc) is 2.29. The van der Waals surface area contributed by atoms with Gasteiger partial charge in [-0.15, -0.1) is 0 Å². The number of ether oxygens (including phenoxy) is 2. The van der Waals surface area contributed by atoms with Gasteiger partial charge in [-0.05, 0) is 30.5 Å². The van der Waals surface area contributed by atoms with Gasteiger partial charge in [-0.3, -0.25) is 0 Å². The number of carbonyl (C=O) groups excluding carboxylic acids is 1. The van der Waals surface area contributed by atoms with Crippen molar-refractivity contribution in [3.63, 3.8) is 0 Å². The van der Waals surface area contributed by atoms with Crippen molar-refractivity contribution in [1.29, 1.82) is 0 Å². The Balaban J connectivity index is 2.83. The first-order valence-corrected chi connectivity index (χ1v) is 5.70. The van der Waals surface area contributed by atoms with Gasteiger partial charge in [0.15, 0.2) is 0 Å². The van der Waals surface area contributed by atoms with Crippen LogP contribution in [0.25, 0.3) is 0 Å². The van der Waals surface area contributed by atoms with Crippen LogP contribution in [-0.4, -0.2) is 18.7 Å². The SMILES string of the molecule is CCOC(=O)C(F)(F)Oc1cccc(C(C)C)c1. The lowest BCUT2D eigenvalue weighted by molar-refractivity contribution is -0.216. The van der Waals surface area contributed by atoms with Crippen molar-refractivity contribution >= 4 is 5.97 Å². The van der Waals surface area contributed by atoms with Gasteiger partial charge in [-0.2, -0.15) is 8.78 Å². The molecule has 0 aromatic heterocycles. The maximum atomic E-state index is 13.3. The fourth-order valence-electron chi connectivity index (χ4n) is 1.34. The molecule has 0 spiro atoms. The minimum Gasteiger partial charge on any atom is -0.459 e. The highest BCUT2D eigenvalue weighted by Crippen LogP contribution is 2.26. The summed E-state index contributed by atoms with van der Waals surface area (Å²) in [6.45, 7) is 5.20. The van der Waals surface area contributed by atoms with Crippen molar-refractivity contribution < 1.29 is 23.0 Å². The smallest absolute Gasteiger partial charge is 0.459 e. The van der Waals surface area contributed by atoms with Crippen LogP contribution in [0.1, 0.15) is 32.3 Å². The van der Waals surface area contributed by atoms with Crippen LogP contribution in [0.15, 0.2) is 24.3 Å². The van der Waals surface area contributed by atoms with Crippen LogP contribution < -0.4 is 4.74 Å². The summed E-state index contributed by atoms with van der Waals surface area (Å²) in [7, 11) is 0. The lowest BCUT2D eigenvalue weighted by Crippen LogP contribution is -2.36. The second-order valence-corrected chi connectivity index (χ2v) is 4.07. The van der Waals surface area contributed by atoms with Crippen molar-refractivity contribution in [2.75, 3.05) is 6.61 Å². The van der Waals surface area contributed by atoms with E-state index < -0.39 is 12.1 Å². The summed E-state index contributed by atoms with van der Waals surface area (Å²) in [6, 6.07) is 6.27. The van der Waals surface area contributed by atoms with E-state index in [0.717, 1.165) is 5.56 Å². The highest BCUT2D eigenvalue weighted by molar-refractivity contribution is 5.76. The first-order valence-electron chi connectivity index (χ1n) is 5.70. The van der Waals surface area contributed by atoms with E-state index in [4.69, 9.17) is 0 Å². The number of esters is 1. The number of hydrogen-bond acceptors (Lipinski definition) is 3. The maximum absolute atomic E-state index is 13.3. The van der Waals surface area contributed by atoms with Gasteiger partial charge in [0, 0.05) is 0 Å². The molecule has 100 valence electrons. The summed E-state index contributed by atoms with van der Waals surface area (Å²) < 4.78 is 35.3. The molecule has 0 aliphatic carbocycles. The summed E-state index contributed by atoms with van der Waals surface area (Å²) in [6.07, 6.45) is -3.97. The maximum Gasteiger partial charge on any atom is 0.502 e. The zero-order chi connectivity index (χ0) is 13.8. The van der Waals surface area contributed by atoms with E-state index in [9.17, 15) is 13.6 Å². The molecule has 18 heavy (non-hydrogen) atoms. The second-order valence-electron chi connectivity index (χ2n) is 4.07. The topological polar surface area (TPSA) is 35.5 Å². The molecule has 0 saturated heterocycles. The number of carbonyl (C=O) groups is 1. The normalized spacial score (nSPS) is 11.4. The van der Waals surface area contributed by atoms with Crippen molar-refractivity contribution in [2.45, 2.75) is 32.8 Å². The summed E-state index contributed by atoms with van der Waals surface area (Å²) in [4.78, 5) is 11.0. The minimum atomic E-state index is -3.97. The van der Waals surface area contributed by atoms with E-state index >= 15 is 0 Å². The molecule has 0 radical (unpaired) electrons. The summed E-state index contributed by atoms with van der Waals surface area (Å²) >= 11 is 0. The molecule has 0 atom stereocenters. The summed E-state index contributed by atoms with van der Waals surface area (Å²) in [5.74, 6) is -1.55. The van der Waals surface area contributed by atoms with Gasteiger partial charge in [-0.25, -0.2) is 4.79 Å². The van der Waals surface area contributed by atoms with E-state index in [1.54, 1.807) is 12.1 Å². The predicted octanol–water partition coefficient (Wildman–Crippen LogP) is 3.34. The molecular formula is C13H16F2O3. The first kappa shape index (κ1) is 14.4. The number of rotatable bonds is 5. The van der Waals surface area contributed by atoms with Crippen LogP contribution in [0, 0.1) is 0 Å². The minimum absolute atomic E-state index is 0.0562. The van der Waals surface area contributed by atoms with Gasteiger partial charge in [0.25, 0.3) is 0 Å². The Hall–Kier alpha value is -1.65. The molecule has 1 aromatic carbocycles. The number of benzene rings is 1. The molecule has 0 aliphatic rings. The Morgan fingerprint density at radius 3 is 2.61 bits per heavy atom. The van der Waals surface area contributed by atoms with Crippen molar-refractivity contribution in [2.24, 2.45) is 0 Å². The Kier molecular flexibility index (Phi) is 4.64. The Bertz CT molecular complexity index is 416. The van der Waals surface area contributed by atoms with Gasteiger partial charge in [0.1, 0.15) is 5.75 Å². The molecular weight excluding hydrogens is 242 g/mol. The zero-order valence-electron chi connectivity index (χ0n) is 10.6. The monoisotopic (exact) mass is 258 g/mol. The van der Waals surface area contributed by atoms with Crippen molar-refractivity contribution in [3.05, 3.63) is 29.8 Å². The van der Waals surface area contributed by atoms with E-state index in [1.165, 1.54) is 19.1 Å². The third-order valence-electron chi connectivity index (χ3n) is 2.28. The number of alkyl halides is 2. The molecule has 0 bridgehead atoms. The van der Waals surface area contributed by atoms with Crippen LogP contribution >= 0.6 is 0 Å². The Labute approximate surface area is 105 Å². The van der Waals surface area contributed by atoms with Gasteiger partial charge in [0.2, 0.25) is 0 Å². The highest BCUT2D eigenvalue weighted by atomic mass is 19.3. The van der Waals surface area contributed by atoms with Crippen LogP contribution in [0.5, 0.6) is 5.75 Å². The van der Waals surface area contributed by atoms with E-state index in [1.807, 2.05) is 13.8 Å². The molecule has 1 aromatic rings. The standard InChI is InChI=1S/C13H16F2O3/c1-4-17-12(16)13(14,15)18-11-7-5-6-10(8-11)9(2)3/h5-9H,4H2,1-3H3. The third kappa shape index (κ3) is 3.68. The second kappa shape index (κ2) is 5.80. The molecule has 0 N–H and O–H groups in total. The van der Waals surface area contributed by atoms with Crippen LogP contribution in [-0.2, 0) is 9.53 Å². The molecule has 0 fully saturated rings. The predicted molar refractivity (Wildman–Crippen MR) is 62.7 cm³/mol. The molecule has 0 heterocycles. The zero-order valence-corrected chi connectivity index (χ0v) is 10.6. The van der Waals surface area contributed by atoms with Crippen molar-refractivity contribution in [1.82, 2.24) is 0 Å². The molecule has 3 nitrogen and oxygen atoms in total. The molecule has 0 saturated carbocycles. The van der Waals surface area contributed by atoms with Gasteiger partial charge in [0.05, 0.1) is 6.61 Å². The fraction of sp³-hybridized carbons (Fsp3) is 0.462. The fourth-order valence-corrected chi connectivity index (χ4v) is 1.34. The van der Waals surface area contributed by atoms with Crippen LogP contribution in [0.2, 0.25) is 0 Å². The van der Waals surface area contributed by atoms with Gasteiger partial charge in [-0.1, -0.05) is 26.0 Å². The quantitative estimate of drug-likeness (QED) is 0.760. The molecule has 0 amide bonds. The van der Waals surface area contributed by atoms with Crippen LogP contribution in [0.4, 0.5) is 8.78 Å². The lowest BCUT2D eigenvalue weighted by Gasteiger charge is -2.16. The lowest BCUT2D eigenvalue weighted by atomic mass is 10.0. The summed E-state index contributed by atoms with van der Waals surface area (Å²) in [5, 5.41) is 0. The Morgan fingerprint density at radius 2 is 2.06 bits per heavy atom. The summed E-state index contributed by atoms with van der Waals surface area (Å²) in [5.41, 5.74) is 0.854. The van der Waals surface area contributed by atoms with E-state index in [2.05, 4.69) is 9.47 Å². The van der Waals surface area contributed by atoms with E-state index in [0.29, 0.717) is 0 Å². The van der Waals surface area contributed by atoms with E-state index in [-0.39, 0.29) is 18.3 Å². The highest BCUT2D eigenvalue weighted by Gasteiger charge is 2.44. The molecule has 0 aliphatic heterocycles.